The maximum Gasteiger partial charge on any atom is 0.253 e. The number of sulfonamides is 1. The van der Waals surface area contributed by atoms with Crippen LogP contribution in [0, 0.1) is 0 Å². The number of carbonyl (C=O) groups excluding carboxylic acids is 1. The summed E-state index contributed by atoms with van der Waals surface area (Å²) < 4.78 is 26.5. The van der Waals surface area contributed by atoms with Crippen LogP contribution in [0.25, 0.3) is 0 Å². The molecule has 0 fully saturated rings. The predicted molar refractivity (Wildman–Crippen MR) is 102 cm³/mol. The van der Waals surface area contributed by atoms with Crippen molar-refractivity contribution in [3.8, 4) is 0 Å². The highest BCUT2D eigenvalue weighted by atomic mass is 35.5. The van der Waals surface area contributed by atoms with Crippen LogP contribution >= 0.6 is 22.9 Å². The van der Waals surface area contributed by atoms with Crippen molar-refractivity contribution in [2.45, 2.75) is 37.8 Å². The lowest BCUT2D eigenvalue weighted by molar-refractivity contribution is 0.0940. The van der Waals surface area contributed by atoms with Gasteiger partial charge in [-0.25, -0.2) is 8.42 Å². The van der Waals surface area contributed by atoms with Crippen LogP contribution in [0.1, 0.15) is 42.0 Å². The molecular formula is C17H21ClN2O3S2. The van der Waals surface area contributed by atoms with Crippen molar-refractivity contribution in [3.63, 3.8) is 0 Å². The quantitative estimate of drug-likeness (QED) is 0.799. The molecule has 0 saturated carbocycles. The fourth-order valence-corrected chi connectivity index (χ4v) is 4.50. The largest absolute Gasteiger partial charge is 0.345 e. The van der Waals surface area contributed by atoms with Gasteiger partial charge in [0.05, 0.1) is 21.5 Å². The van der Waals surface area contributed by atoms with Gasteiger partial charge in [0.25, 0.3) is 5.91 Å². The second kappa shape index (κ2) is 7.86. The van der Waals surface area contributed by atoms with Gasteiger partial charge in [-0.3, -0.25) is 4.79 Å². The highest BCUT2D eigenvalue weighted by Gasteiger charge is 2.25. The van der Waals surface area contributed by atoms with Gasteiger partial charge in [-0.05, 0) is 50.4 Å². The molecule has 1 amide bonds. The molecule has 0 radical (unpaired) electrons. The molecule has 0 spiro atoms. The van der Waals surface area contributed by atoms with Crippen LogP contribution < -0.4 is 5.32 Å². The highest BCUT2D eigenvalue weighted by Crippen LogP contribution is 2.25. The predicted octanol–water partition coefficient (Wildman–Crippen LogP) is 3.92. The van der Waals surface area contributed by atoms with Crippen LogP contribution in [0.15, 0.2) is 40.6 Å². The van der Waals surface area contributed by atoms with Gasteiger partial charge in [-0.2, -0.15) is 4.31 Å². The molecule has 0 bridgehead atoms. The van der Waals surface area contributed by atoms with Crippen molar-refractivity contribution in [2.24, 2.45) is 0 Å². The first-order chi connectivity index (χ1) is 11.6. The van der Waals surface area contributed by atoms with Crippen LogP contribution in [-0.2, 0) is 10.0 Å². The Morgan fingerprint density at radius 3 is 2.48 bits per heavy atom. The minimum Gasteiger partial charge on any atom is -0.345 e. The summed E-state index contributed by atoms with van der Waals surface area (Å²) in [5.41, 5.74) is 0.142. The van der Waals surface area contributed by atoms with Crippen molar-refractivity contribution in [1.82, 2.24) is 9.62 Å². The van der Waals surface area contributed by atoms with E-state index in [9.17, 15) is 13.2 Å². The molecule has 1 heterocycles. The maximum absolute atomic E-state index is 12.6. The number of rotatable bonds is 6. The fourth-order valence-electron chi connectivity index (χ4n) is 2.17. The number of hydrogen-bond acceptors (Lipinski definition) is 4. The zero-order chi connectivity index (χ0) is 18.8. The first-order valence-corrected chi connectivity index (χ1v) is 10.5. The van der Waals surface area contributed by atoms with Gasteiger partial charge in [0.1, 0.15) is 0 Å². The molecule has 25 heavy (non-hydrogen) atoms. The Balaban J connectivity index is 2.31. The highest BCUT2D eigenvalue weighted by molar-refractivity contribution is 7.89. The Bertz CT molecular complexity index is 849. The number of amides is 1. The molecule has 0 aliphatic carbocycles. The number of thiophene rings is 1. The van der Waals surface area contributed by atoms with Gasteiger partial charge >= 0.3 is 0 Å². The standard InChI is InChI=1S/C17H21ClN2O3S2/c1-11(2)20(4)25(22,23)13-7-8-15(18)14(10-13)17(21)19-12(3)16-6-5-9-24-16/h5-12H,1-4H3,(H,19,21)/t12-/m0/s1. The number of hydrogen-bond donors (Lipinski definition) is 1. The Kier molecular flexibility index (Phi) is 6.26. The molecule has 1 aromatic carbocycles. The maximum atomic E-state index is 12.6. The van der Waals surface area contributed by atoms with Crippen molar-refractivity contribution in [2.75, 3.05) is 7.05 Å². The molecule has 2 rings (SSSR count). The summed E-state index contributed by atoms with van der Waals surface area (Å²) in [6.45, 7) is 5.43. The van der Waals surface area contributed by atoms with E-state index in [1.54, 1.807) is 13.8 Å². The monoisotopic (exact) mass is 400 g/mol. The topological polar surface area (TPSA) is 66.5 Å². The van der Waals surface area contributed by atoms with Gasteiger partial charge in [-0.1, -0.05) is 17.7 Å². The molecule has 2 aromatic rings. The molecule has 1 N–H and O–H groups in total. The number of halogens is 1. The summed E-state index contributed by atoms with van der Waals surface area (Å²) >= 11 is 7.66. The number of nitrogens with zero attached hydrogens (tertiary/aromatic N) is 1. The SMILES string of the molecule is CC(C)N(C)S(=O)(=O)c1ccc(Cl)c(C(=O)N[C@@H](C)c2cccs2)c1. The van der Waals surface area contributed by atoms with Crippen LogP contribution in [0.2, 0.25) is 5.02 Å². The smallest absolute Gasteiger partial charge is 0.253 e. The third-order valence-electron chi connectivity index (χ3n) is 3.90. The van der Waals surface area contributed by atoms with E-state index in [2.05, 4.69) is 5.32 Å². The van der Waals surface area contributed by atoms with Crippen molar-refractivity contribution >= 4 is 38.9 Å². The molecule has 0 aliphatic heterocycles. The first-order valence-electron chi connectivity index (χ1n) is 7.76. The summed E-state index contributed by atoms with van der Waals surface area (Å²) in [5, 5.41) is 4.99. The van der Waals surface area contributed by atoms with Crippen LogP contribution in [0.5, 0.6) is 0 Å². The third-order valence-corrected chi connectivity index (χ3v) is 7.32. The molecular weight excluding hydrogens is 380 g/mol. The molecule has 0 unspecified atom stereocenters. The second-order valence-electron chi connectivity index (χ2n) is 5.97. The van der Waals surface area contributed by atoms with Crippen molar-refractivity contribution in [1.29, 1.82) is 0 Å². The fraction of sp³-hybridized carbons (Fsp3) is 0.353. The molecule has 1 aromatic heterocycles. The van der Waals surface area contributed by atoms with Gasteiger partial charge < -0.3 is 5.32 Å². The number of carbonyl (C=O) groups is 1. The summed E-state index contributed by atoms with van der Waals surface area (Å²) in [4.78, 5) is 13.6. The first kappa shape index (κ1) is 19.9. The average Bonchev–Trinajstić information content (AvgIpc) is 3.08. The van der Waals surface area contributed by atoms with E-state index in [-0.39, 0.29) is 27.6 Å². The zero-order valence-corrected chi connectivity index (χ0v) is 16.9. The summed E-state index contributed by atoms with van der Waals surface area (Å²) in [5.74, 6) is -0.407. The minimum absolute atomic E-state index is 0.0435. The Labute approximate surface area is 157 Å². The van der Waals surface area contributed by atoms with Crippen LogP contribution in [0.4, 0.5) is 0 Å². The van der Waals surface area contributed by atoms with Crippen LogP contribution in [0.3, 0.4) is 0 Å². The number of nitrogens with one attached hydrogen (secondary N) is 1. The van der Waals surface area contributed by atoms with Gasteiger partial charge in [-0.15, -0.1) is 11.3 Å². The Morgan fingerprint density at radius 1 is 1.24 bits per heavy atom. The summed E-state index contributed by atoms with van der Waals surface area (Å²) in [6.07, 6.45) is 0. The lowest BCUT2D eigenvalue weighted by Gasteiger charge is -2.21. The zero-order valence-electron chi connectivity index (χ0n) is 14.5. The van der Waals surface area contributed by atoms with Gasteiger partial charge in [0.2, 0.25) is 10.0 Å². The number of benzene rings is 1. The molecule has 136 valence electrons. The third kappa shape index (κ3) is 4.41. The van der Waals surface area contributed by atoms with E-state index < -0.39 is 15.9 Å². The van der Waals surface area contributed by atoms with E-state index in [1.807, 2.05) is 24.4 Å². The summed E-state index contributed by atoms with van der Waals surface area (Å²) in [6, 6.07) is 7.62. The lowest BCUT2D eigenvalue weighted by Crippen LogP contribution is -2.33. The average molecular weight is 401 g/mol. The van der Waals surface area contributed by atoms with E-state index in [1.165, 1.54) is 40.9 Å². The van der Waals surface area contributed by atoms with E-state index in [0.29, 0.717) is 0 Å². The molecule has 0 aliphatic rings. The Morgan fingerprint density at radius 2 is 1.92 bits per heavy atom. The second-order valence-corrected chi connectivity index (χ2v) is 9.35. The molecule has 1 atom stereocenters. The van der Waals surface area contributed by atoms with E-state index >= 15 is 0 Å². The minimum atomic E-state index is -3.69. The molecule has 5 nitrogen and oxygen atoms in total. The van der Waals surface area contributed by atoms with E-state index in [4.69, 9.17) is 11.6 Å². The van der Waals surface area contributed by atoms with E-state index in [0.717, 1.165) is 4.88 Å². The Hall–Kier alpha value is -1.41. The van der Waals surface area contributed by atoms with Crippen molar-refractivity contribution in [3.05, 3.63) is 51.2 Å². The lowest BCUT2D eigenvalue weighted by atomic mass is 10.2. The molecule has 8 heteroatoms. The van der Waals surface area contributed by atoms with Gasteiger partial charge in [0.15, 0.2) is 0 Å². The normalized spacial score (nSPS) is 13.2. The van der Waals surface area contributed by atoms with Gasteiger partial charge in [0, 0.05) is 18.0 Å². The molecule has 0 saturated heterocycles. The van der Waals surface area contributed by atoms with Crippen molar-refractivity contribution < 1.29 is 13.2 Å². The van der Waals surface area contributed by atoms with Crippen LogP contribution in [-0.4, -0.2) is 31.7 Å². The summed E-state index contributed by atoms with van der Waals surface area (Å²) in [7, 11) is -2.18.